The van der Waals surface area contributed by atoms with Crippen molar-refractivity contribution in [2.75, 3.05) is 0 Å². The van der Waals surface area contributed by atoms with E-state index in [4.69, 9.17) is 16.8 Å². The Balaban J connectivity index is 2.74. The molecule has 8 nitrogen and oxygen atoms in total. The molecule has 0 aliphatic carbocycles. The number of phenolic OH excluding ortho intramolecular Hbond substituents is 3. The first kappa shape index (κ1) is 14.0. The largest absolute Gasteiger partial charge is 0.504 e. The van der Waals surface area contributed by atoms with Gasteiger partial charge in [0.2, 0.25) is 5.75 Å². The third-order valence-corrected chi connectivity index (χ3v) is 2.37. The van der Waals surface area contributed by atoms with Crippen LogP contribution in [0.4, 0.5) is 0 Å². The molecule has 0 bridgehead atoms. The van der Waals surface area contributed by atoms with Crippen LogP contribution >= 0.6 is 0 Å². The minimum Gasteiger partial charge on any atom is -0.504 e. The number of phenols is 3. The fraction of sp³-hybridized carbons (Fsp3) is 0.300. The third kappa shape index (κ3) is 3.23. The number of benzene rings is 1. The zero-order chi connectivity index (χ0) is 13.9. The van der Waals surface area contributed by atoms with Crippen LogP contribution in [-0.2, 0) is 11.2 Å². The molecule has 18 heavy (non-hydrogen) atoms. The molecule has 1 atom stereocenters. The predicted octanol–water partition coefficient (Wildman–Crippen LogP) is -1.33. The second kappa shape index (κ2) is 5.54. The number of rotatable bonds is 4. The lowest BCUT2D eigenvalue weighted by Gasteiger charge is -2.14. The molecule has 0 saturated carbocycles. The molecular weight excluding hydrogens is 242 g/mol. The average molecular weight is 257 g/mol. The first-order chi connectivity index (χ1) is 8.32. The van der Waals surface area contributed by atoms with Crippen LogP contribution in [0.3, 0.4) is 0 Å². The molecule has 0 heterocycles. The lowest BCUT2D eigenvalue weighted by atomic mass is 10.0. The second-order valence-corrected chi connectivity index (χ2v) is 3.80. The molecule has 0 aliphatic rings. The Labute approximate surface area is 103 Å². The number of aliphatic hydroxyl groups is 1. The van der Waals surface area contributed by atoms with Crippen molar-refractivity contribution in [2.45, 2.75) is 18.9 Å². The van der Waals surface area contributed by atoms with Crippen LogP contribution in [0.25, 0.3) is 0 Å². The number of hydrazine groups is 2. The maximum Gasteiger partial charge on any atom is 0.253 e. The van der Waals surface area contributed by atoms with Gasteiger partial charge in [-0.25, -0.2) is 16.8 Å². The molecule has 0 saturated heterocycles. The van der Waals surface area contributed by atoms with Crippen LogP contribution in [0.1, 0.15) is 12.0 Å². The van der Waals surface area contributed by atoms with Crippen LogP contribution in [0, 0.1) is 0 Å². The van der Waals surface area contributed by atoms with Crippen molar-refractivity contribution in [3.8, 4) is 17.2 Å². The number of aliphatic hydroxyl groups excluding tert-OH is 1. The van der Waals surface area contributed by atoms with Crippen LogP contribution in [-0.4, -0.2) is 37.6 Å². The summed E-state index contributed by atoms with van der Waals surface area (Å²) < 4.78 is 0. The van der Waals surface area contributed by atoms with Crippen molar-refractivity contribution < 1.29 is 25.2 Å². The summed E-state index contributed by atoms with van der Waals surface area (Å²) >= 11 is 0. The SMILES string of the molecule is NN(N)C(=O)CC(O)Cc1ccc(O)c(O)c1O. The summed E-state index contributed by atoms with van der Waals surface area (Å²) in [6, 6.07) is 2.48. The molecular formula is C10H15N3O5. The summed E-state index contributed by atoms with van der Waals surface area (Å²) in [6.45, 7) is 0. The van der Waals surface area contributed by atoms with Gasteiger partial charge in [0.1, 0.15) is 0 Å². The quantitative estimate of drug-likeness (QED) is 0.169. The highest BCUT2D eigenvalue weighted by molar-refractivity contribution is 5.75. The van der Waals surface area contributed by atoms with Gasteiger partial charge in [-0.05, 0) is 6.07 Å². The smallest absolute Gasteiger partial charge is 0.253 e. The number of nitrogens with zero attached hydrogens (tertiary/aromatic N) is 1. The van der Waals surface area contributed by atoms with Gasteiger partial charge in [0.25, 0.3) is 5.91 Å². The number of amides is 1. The number of carbonyl (C=O) groups excluding carboxylic acids is 1. The van der Waals surface area contributed by atoms with Gasteiger partial charge >= 0.3 is 0 Å². The van der Waals surface area contributed by atoms with Crippen LogP contribution in [0.2, 0.25) is 0 Å². The summed E-state index contributed by atoms with van der Waals surface area (Å²) in [5.74, 6) is 7.59. The minimum absolute atomic E-state index is 0.0980. The first-order valence-electron chi connectivity index (χ1n) is 5.06. The van der Waals surface area contributed by atoms with E-state index in [1.54, 1.807) is 0 Å². The Hall–Kier alpha value is -2.03. The molecule has 100 valence electrons. The Morgan fingerprint density at radius 3 is 2.39 bits per heavy atom. The van der Waals surface area contributed by atoms with E-state index in [-0.39, 0.29) is 18.4 Å². The normalized spacial score (nSPS) is 12.2. The standard InChI is InChI=1S/C10H15N3O5/c11-13(12)8(16)4-6(14)3-5-1-2-7(15)10(18)9(5)17/h1-2,6,14-15,17-18H,3-4,11-12H2. The highest BCUT2D eigenvalue weighted by Crippen LogP contribution is 2.37. The highest BCUT2D eigenvalue weighted by atomic mass is 16.3. The van der Waals surface area contributed by atoms with Gasteiger partial charge in [0.05, 0.1) is 12.5 Å². The molecule has 0 spiro atoms. The van der Waals surface area contributed by atoms with Crippen molar-refractivity contribution in [2.24, 2.45) is 11.7 Å². The van der Waals surface area contributed by atoms with E-state index in [9.17, 15) is 20.1 Å². The van der Waals surface area contributed by atoms with E-state index in [0.29, 0.717) is 5.12 Å². The minimum atomic E-state index is -1.12. The number of nitrogens with two attached hydrogens (primary N) is 2. The molecule has 0 aromatic heterocycles. The van der Waals surface area contributed by atoms with Crippen molar-refractivity contribution >= 4 is 5.91 Å². The zero-order valence-corrected chi connectivity index (χ0v) is 9.45. The van der Waals surface area contributed by atoms with E-state index >= 15 is 0 Å². The molecule has 1 amide bonds. The lowest BCUT2D eigenvalue weighted by Crippen LogP contribution is -2.44. The van der Waals surface area contributed by atoms with Gasteiger partial charge in [0.15, 0.2) is 11.5 Å². The Morgan fingerprint density at radius 2 is 1.83 bits per heavy atom. The van der Waals surface area contributed by atoms with Crippen LogP contribution < -0.4 is 11.7 Å². The number of hydrogen-bond donors (Lipinski definition) is 6. The van der Waals surface area contributed by atoms with Gasteiger partial charge < -0.3 is 20.4 Å². The summed E-state index contributed by atoms with van der Waals surface area (Å²) in [4.78, 5) is 11.1. The topological polar surface area (TPSA) is 153 Å². The number of carbonyl (C=O) groups is 1. The molecule has 1 unspecified atom stereocenters. The van der Waals surface area contributed by atoms with E-state index in [1.165, 1.54) is 6.07 Å². The molecule has 8 N–H and O–H groups in total. The summed E-state index contributed by atoms with van der Waals surface area (Å²) in [6.07, 6.45) is -1.55. The highest BCUT2D eigenvalue weighted by Gasteiger charge is 2.18. The molecule has 0 aliphatic heterocycles. The number of aromatic hydroxyl groups is 3. The van der Waals surface area contributed by atoms with E-state index in [1.807, 2.05) is 0 Å². The van der Waals surface area contributed by atoms with Gasteiger partial charge in [-0.3, -0.25) is 4.79 Å². The van der Waals surface area contributed by atoms with Crippen molar-refractivity contribution in [3.05, 3.63) is 17.7 Å². The van der Waals surface area contributed by atoms with Crippen molar-refractivity contribution in [1.29, 1.82) is 0 Å². The fourth-order valence-electron chi connectivity index (χ4n) is 1.41. The maximum atomic E-state index is 11.1. The third-order valence-electron chi connectivity index (χ3n) is 2.37. The molecule has 1 aromatic rings. The molecule has 1 rings (SSSR count). The Bertz CT molecular complexity index is 449. The van der Waals surface area contributed by atoms with Crippen molar-refractivity contribution in [1.82, 2.24) is 5.12 Å². The van der Waals surface area contributed by atoms with Gasteiger partial charge in [0, 0.05) is 12.0 Å². The molecule has 0 radical (unpaired) electrons. The van der Waals surface area contributed by atoms with Gasteiger partial charge in [-0.2, -0.15) is 0 Å². The van der Waals surface area contributed by atoms with E-state index in [0.717, 1.165) is 6.07 Å². The predicted molar refractivity (Wildman–Crippen MR) is 61.0 cm³/mol. The summed E-state index contributed by atoms with van der Waals surface area (Å²) in [5, 5.41) is 37.8. The molecule has 8 heteroatoms. The second-order valence-electron chi connectivity index (χ2n) is 3.80. The average Bonchev–Trinajstić information content (AvgIpc) is 2.29. The Morgan fingerprint density at radius 1 is 1.22 bits per heavy atom. The zero-order valence-electron chi connectivity index (χ0n) is 9.45. The first-order valence-corrected chi connectivity index (χ1v) is 5.06. The van der Waals surface area contributed by atoms with E-state index in [2.05, 4.69) is 0 Å². The molecule has 0 fully saturated rings. The summed E-state index contributed by atoms with van der Waals surface area (Å²) in [5.41, 5.74) is 0.186. The summed E-state index contributed by atoms with van der Waals surface area (Å²) in [7, 11) is 0. The van der Waals surface area contributed by atoms with Gasteiger partial charge in [-0.15, -0.1) is 0 Å². The molecule has 1 aromatic carbocycles. The monoisotopic (exact) mass is 257 g/mol. The fourth-order valence-corrected chi connectivity index (χ4v) is 1.41. The Kier molecular flexibility index (Phi) is 4.32. The van der Waals surface area contributed by atoms with E-state index < -0.39 is 29.3 Å². The lowest BCUT2D eigenvalue weighted by molar-refractivity contribution is -0.133. The number of hydrogen-bond acceptors (Lipinski definition) is 7. The van der Waals surface area contributed by atoms with Crippen LogP contribution in [0.15, 0.2) is 12.1 Å². The van der Waals surface area contributed by atoms with Gasteiger partial charge in [-0.1, -0.05) is 6.07 Å². The van der Waals surface area contributed by atoms with Crippen molar-refractivity contribution in [3.63, 3.8) is 0 Å². The van der Waals surface area contributed by atoms with Crippen LogP contribution in [0.5, 0.6) is 17.2 Å². The maximum absolute atomic E-state index is 11.1.